The maximum atomic E-state index is 10.8. The van der Waals surface area contributed by atoms with E-state index in [4.69, 9.17) is 0 Å². The van der Waals surface area contributed by atoms with E-state index in [1.54, 1.807) is 11.1 Å². The summed E-state index contributed by atoms with van der Waals surface area (Å²) in [6.07, 6.45) is 2.57. The Hall–Kier alpha value is -2.70. The van der Waals surface area contributed by atoms with Gasteiger partial charge in [-0.2, -0.15) is 10.1 Å². The fraction of sp³-hybridized carbons (Fsp3) is 0.444. The van der Waals surface area contributed by atoms with Gasteiger partial charge in [-0.15, -0.1) is 5.10 Å². The number of anilines is 3. The van der Waals surface area contributed by atoms with Gasteiger partial charge in [-0.3, -0.25) is 4.79 Å². The van der Waals surface area contributed by atoms with Crippen LogP contribution in [-0.4, -0.2) is 52.7 Å². The van der Waals surface area contributed by atoms with Gasteiger partial charge in [0.25, 0.3) is 0 Å². The standard InChI is InChI=1S/C18H24N6O/c1-13(2)15-6-4-5-14(3)17(15)21-18-20-16(11-19-22-18)24-9-7-23(12-25)8-10-24/h4-6,11-13H,7-10H2,1-3H3,(H,20,21,22). The monoisotopic (exact) mass is 340 g/mol. The summed E-state index contributed by atoms with van der Waals surface area (Å²) in [6, 6.07) is 6.26. The fourth-order valence-corrected chi connectivity index (χ4v) is 3.01. The molecule has 1 aliphatic heterocycles. The third-order valence-corrected chi connectivity index (χ3v) is 4.50. The molecule has 1 N–H and O–H groups in total. The number of carbonyl (C=O) groups excluding carboxylic acids is 1. The van der Waals surface area contributed by atoms with E-state index >= 15 is 0 Å². The van der Waals surface area contributed by atoms with Crippen molar-refractivity contribution in [3.05, 3.63) is 35.5 Å². The number of rotatable bonds is 5. The second kappa shape index (κ2) is 7.46. The van der Waals surface area contributed by atoms with E-state index < -0.39 is 0 Å². The molecule has 2 aromatic rings. The summed E-state index contributed by atoms with van der Waals surface area (Å²) in [6.45, 7) is 9.31. The van der Waals surface area contributed by atoms with Gasteiger partial charge < -0.3 is 15.1 Å². The Morgan fingerprint density at radius 1 is 1.20 bits per heavy atom. The lowest BCUT2D eigenvalue weighted by Gasteiger charge is -2.33. The Kier molecular flexibility index (Phi) is 5.11. The fourth-order valence-electron chi connectivity index (χ4n) is 3.01. The van der Waals surface area contributed by atoms with Crippen molar-refractivity contribution < 1.29 is 4.79 Å². The molecule has 132 valence electrons. The molecular formula is C18H24N6O. The summed E-state index contributed by atoms with van der Waals surface area (Å²) in [4.78, 5) is 19.4. The molecule has 0 radical (unpaired) electrons. The van der Waals surface area contributed by atoms with Gasteiger partial charge in [0, 0.05) is 31.9 Å². The van der Waals surface area contributed by atoms with Gasteiger partial charge in [0.1, 0.15) is 0 Å². The van der Waals surface area contributed by atoms with E-state index in [-0.39, 0.29) is 0 Å². The molecule has 0 bridgehead atoms. The van der Waals surface area contributed by atoms with Gasteiger partial charge in [0.05, 0.1) is 6.20 Å². The lowest BCUT2D eigenvalue weighted by atomic mass is 9.98. The highest BCUT2D eigenvalue weighted by atomic mass is 16.1. The number of nitrogens with one attached hydrogen (secondary N) is 1. The highest BCUT2D eigenvalue weighted by molar-refractivity contribution is 5.64. The van der Waals surface area contributed by atoms with Crippen molar-refractivity contribution in [2.75, 3.05) is 36.4 Å². The molecule has 0 unspecified atom stereocenters. The van der Waals surface area contributed by atoms with Crippen LogP contribution in [0.15, 0.2) is 24.4 Å². The minimum Gasteiger partial charge on any atom is -0.352 e. The van der Waals surface area contributed by atoms with E-state index in [1.807, 2.05) is 0 Å². The maximum absolute atomic E-state index is 10.8. The molecule has 1 saturated heterocycles. The zero-order valence-corrected chi connectivity index (χ0v) is 14.9. The number of benzene rings is 1. The lowest BCUT2D eigenvalue weighted by Crippen LogP contribution is -2.46. The first-order valence-electron chi connectivity index (χ1n) is 8.59. The summed E-state index contributed by atoms with van der Waals surface area (Å²) in [5.41, 5.74) is 3.43. The molecule has 3 rings (SSSR count). The molecule has 1 aromatic carbocycles. The minimum atomic E-state index is 0.398. The SMILES string of the molecule is Cc1cccc(C(C)C)c1Nc1nncc(N2CCN(C=O)CC2)n1. The number of hydrogen-bond donors (Lipinski definition) is 1. The second-order valence-electron chi connectivity index (χ2n) is 6.59. The molecule has 0 aliphatic carbocycles. The van der Waals surface area contributed by atoms with Crippen LogP contribution in [0, 0.1) is 6.92 Å². The predicted octanol–water partition coefficient (Wildman–Crippen LogP) is 2.33. The molecule has 25 heavy (non-hydrogen) atoms. The van der Waals surface area contributed by atoms with Gasteiger partial charge in [-0.05, 0) is 24.0 Å². The Balaban J connectivity index is 1.80. The number of para-hydroxylation sites is 1. The topological polar surface area (TPSA) is 74.2 Å². The van der Waals surface area contributed by atoms with Crippen molar-refractivity contribution in [3.8, 4) is 0 Å². The number of hydrogen-bond acceptors (Lipinski definition) is 6. The first kappa shape index (κ1) is 17.1. The van der Waals surface area contributed by atoms with E-state index in [2.05, 4.69) is 64.4 Å². The van der Waals surface area contributed by atoms with Crippen LogP contribution in [0.5, 0.6) is 0 Å². The Bertz CT molecular complexity index is 740. The number of aryl methyl sites for hydroxylation is 1. The van der Waals surface area contributed by atoms with Gasteiger partial charge >= 0.3 is 0 Å². The van der Waals surface area contributed by atoms with E-state index in [0.717, 1.165) is 36.6 Å². The molecule has 7 heteroatoms. The summed E-state index contributed by atoms with van der Waals surface area (Å²) >= 11 is 0. The Morgan fingerprint density at radius 2 is 1.96 bits per heavy atom. The first-order chi connectivity index (χ1) is 12.1. The van der Waals surface area contributed by atoms with Crippen molar-refractivity contribution in [1.29, 1.82) is 0 Å². The summed E-state index contributed by atoms with van der Waals surface area (Å²) < 4.78 is 0. The zero-order chi connectivity index (χ0) is 17.8. The minimum absolute atomic E-state index is 0.398. The van der Waals surface area contributed by atoms with Crippen molar-refractivity contribution in [3.63, 3.8) is 0 Å². The van der Waals surface area contributed by atoms with Gasteiger partial charge in [0.2, 0.25) is 12.4 Å². The summed E-state index contributed by atoms with van der Waals surface area (Å²) in [7, 11) is 0. The van der Waals surface area contributed by atoms with Gasteiger partial charge in [0.15, 0.2) is 5.82 Å². The molecule has 1 fully saturated rings. The molecule has 0 spiro atoms. The van der Waals surface area contributed by atoms with Crippen LogP contribution in [0.4, 0.5) is 17.5 Å². The molecule has 0 saturated carbocycles. The van der Waals surface area contributed by atoms with E-state index in [1.165, 1.54) is 5.56 Å². The largest absolute Gasteiger partial charge is 0.352 e. The van der Waals surface area contributed by atoms with Crippen LogP contribution in [0.25, 0.3) is 0 Å². The number of nitrogens with zero attached hydrogens (tertiary/aromatic N) is 5. The Labute approximate surface area is 148 Å². The quantitative estimate of drug-likeness (QED) is 0.842. The number of aromatic nitrogens is 3. The number of carbonyl (C=O) groups is 1. The molecule has 1 aromatic heterocycles. The van der Waals surface area contributed by atoms with Gasteiger partial charge in [-0.25, -0.2) is 0 Å². The maximum Gasteiger partial charge on any atom is 0.249 e. The van der Waals surface area contributed by atoms with Crippen LogP contribution in [-0.2, 0) is 4.79 Å². The molecule has 2 heterocycles. The van der Waals surface area contributed by atoms with Crippen LogP contribution in [0.2, 0.25) is 0 Å². The molecule has 1 aliphatic rings. The predicted molar refractivity (Wildman–Crippen MR) is 98.2 cm³/mol. The zero-order valence-electron chi connectivity index (χ0n) is 14.9. The second-order valence-corrected chi connectivity index (χ2v) is 6.59. The summed E-state index contributed by atoms with van der Waals surface area (Å²) in [5.74, 6) is 1.67. The number of amides is 1. The van der Waals surface area contributed by atoms with Crippen LogP contribution < -0.4 is 10.2 Å². The van der Waals surface area contributed by atoms with Gasteiger partial charge in [-0.1, -0.05) is 32.0 Å². The summed E-state index contributed by atoms with van der Waals surface area (Å²) in [5, 5.41) is 11.6. The van der Waals surface area contributed by atoms with E-state index in [0.29, 0.717) is 25.0 Å². The molecular weight excluding hydrogens is 316 g/mol. The molecule has 7 nitrogen and oxygen atoms in total. The third kappa shape index (κ3) is 3.87. The van der Waals surface area contributed by atoms with Crippen molar-refractivity contribution >= 4 is 23.9 Å². The first-order valence-corrected chi connectivity index (χ1v) is 8.59. The lowest BCUT2D eigenvalue weighted by molar-refractivity contribution is -0.118. The van der Waals surface area contributed by atoms with E-state index in [9.17, 15) is 4.79 Å². The smallest absolute Gasteiger partial charge is 0.249 e. The average molecular weight is 340 g/mol. The Morgan fingerprint density at radius 3 is 2.64 bits per heavy atom. The highest BCUT2D eigenvalue weighted by Crippen LogP contribution is 2.29. The van der Waals surface area contributed by atoms with Crippen LogP contribution in [0.3, 0.4) is 0 Å². The normalized spacial score (nSPS) is 14.7. The highest BCUT2D eigenvalue weighted by Gasteiger charge is 2.18. The average Bonchev–Trinajstić information content (AvgIpc) is 2.63. The molecule has 0 atom stereocenters. The van der Waals surface area contributed by atoms with Crippen molar-refractivity contribution in [1.82, 2.24) is 20.1 Å². The van der Waals surface area contributed by atoms with Crippen LogP contribution in [0.1, 0.15) is 30.9 Å². The third-order valence-electron chi connectivity index (χ3n) is 4.50. The van der Waals surface area contributed by atoms with Crippen molar-refractivity contribution in [2.45, 2.75) is 26.7 Å². The molecule has 1 amide bonds. The van der Waals surface area contributed by atoms with Crippen molar-refractivity contribution in [2.24, 2.45) is 0 Å². The van der Waals surface area contributed by atoms with Crippen LogP contribution >= 0.6 is 0 Å². The number of piperazine rings is 1.